The van der Waals surface area contributed by atoms with Gasteiger partial charge in [-0.05, 0) is 56.0 Å². The summed E-state index contributed by atoms with van der Waals surface area (Å²) in [4.78, 5) is 19.8. The van der Waals surface area contributed by atoms with Crippen LogP contribution in [0, 0.1) is 0 Å². The van der Waals surface area contributed by atoms with E-state index >= 15 is 0 Å². The van der Waals surface area contributed by atoms with Gasteiger partial charge in [0.05, 0.1) is 26.2 Å². The summed E-state index contributed by atoms with van der Waals surface area (Å²) in [5, 5.41) is 1.13. The molecule has 1 N–H and O–H groups in total. The van der Waals surface area contributed by atoms with E-state index in [4.69, 9.17) is 9.72 Å². The van der Waals surface area contributed by atoms with Crippen LogP contribution in [0.3, 0.4) is 0 Å². The van der Waals surface area contributed by atoms with Crippen molar-refractivity contribution >= 4 is 37.5 Å². The number of hydrogen-bond acceptors (Lipinski definition) is 6. The second kappa shape index (κ2) is 9.50. The molecule has 3 aromatic rings. The van der Waals surface area contributed by atoms with Crippen molar-refractivity contribution in [2.75, 3.05) is 26.2 Å². The van der Waals surface area contributed by atoms with Gasteiger partial charge in [-0.1, -0.05) is 18.2 Å². The second-order valence-corrected chi connectivity index (χ2v) is 11.4. The first-order valence-electron chi connectivity index (χ1n) is 11.4. The number of thiazole rings is 1. The number of hydrogen-bond donors (Lipinski definition) is 1. The van der Waals surface area contributed by atoms with Crippen molar-refractivity contribution in [3.63, 3.8) is 0 Å². The van der Waals surface area contributed by atoms with Gasteiger partial charge in [0.2, 0.25) is 10.0 Å². The van der Waals surface area contributed by atoms with Gasteiger partial charge >= 0.3 is 0 Å². The lowest BCUT2D eigenvalue weighted by atomic mass is 9.97. The minimum atomic E-state index is -3.70. The number of carbonyl (C=O) groups is 1. The number of ether oxygens (including phenoxy) is 1. The highest BCUT2D eigenvalue weighted by molar-refractivity contribution is 7.89. The van der Waals surface area contributed by atoms with Crippen LogP contribution in [0.15, 0.2) is 53.4 Å². The summed E-state index contributed by atoms with van der Waals surface area (Å²) < 4.78 is 34.7. The van der Waals surface area contributed by atoms with Gasteiger partial charge in [-0.15, -0.1) is 11.3 Å². The molecule has 7 nitrogen and oxygen atoms in total. The summed E-state index contributed by atoms with van der Waals surface area (Å²) in [6.45, 7) is 2.19. The van der Waals surface area contributed by atoms with Crippen molar-refractivity contribution in [2.24, 2.45) is 0 Å². The maximum atomic E-state index is 13.1. The lowest BCUT2D eigenvalue weighted by Gasteiger charge is -2.31. The van der Waals surface area contributed by atoms with Crippen molar-refractivity contribution < 1.29 is 17.9 Å². The first-order valence-corrected chi connectivity index (χ1v) is 13.7. The molecular weight excluding hydrogens is 458 g/mol. The van der Waals surface area contributed by atoms with E-state index in [1.807, 2.05) is 23.1 Å². The highest BCUT2D eigenvalue weighted by Crippen LogP contribution is 2.34. The SMILES string of the molecule is O=C(c1cccc(S(=O)(=O)NC[C@H]2CCCO2)c1)N1CCC(c2nc3ccccc3s2)CC1. The lowest BCUT2D eigenvalue weighted by Crippen LogP contribution is -2.38. The molecule has 2 fully saturated rings. The lowest BCUT2D eigenvalue weighted by molar-refractivity contribution is 0.0712. The quantitative estimate of drug-likeness (QED) is 0.574. The molecule has 0 unspecified atom stereocenters. The van der Waals surface area contributed by atoms with Gasteiger partial charge in [0, 0.05) is 37.7 Å². The summed E-state index contributed by atoms with van der Waals surface area (Å²) in [6, 6.07) is 14.4. The number of piperidine rings is 1. The monoisotopic (exact) mass is 485 g/mol. The molecule has 1 amide bonds. The van der Waals surface area contributed by atoms with Crippen LogP contribution in [0.25, 0.3) is 10.2 Å². The fourth-order valence-corrected chi connectivity index (χ4v) is 6.71. The molecule has 0 saturated carbocycles. The van der Waals surface area contributed by atoms with Crippen LogP contribution in [-0.2, 0) is 14.8 Å². The minimum absolute atomic E-state index is 0.0821. The Bertz CT molecular complexity index is 1210. The van der Waals surface area contributed by atoms with Crippen molar-refractivity contribution in [2.45, 2.75) is 42.6 Å². The normalized spacial score (nSPS) is 19.9. The number of carbonyl (C=O) groups excluding carboxylic acids is 1. The molecule has 2 aliphatic heterocycles. The van der Waals surface area contributed by atoms with Gasteiger partial charge < -0.3 is 9.64 Å². The van der Waals surface area contributed by atoms with Gasteiger partial charge in [-0.3, -0.25) is 4.79 Å². The van der Waals surface area contributed by atoms with Crippen molar-refractivity contribution in [3.8, 4) is 0 Å². The standard InChI is InChI=1S/C24H27N3O4S2/c28-24(18-5-3-7-20(15-18)33(29,30)25-16-19-6-4-14-31-19)27-12-10-17(11-13-27)23-26-21-8-1-2-9-22(21)32-23/h1-3,5,7-9,15,17,19,25H,4,6,10-14,16H2/t19-/m1/s1. The zero-order valence-corrected chi connectivity index (χ0v) is 19.9. The van der Waals surface area contributed by atoms with Gasteiger partial charge in [-0.2, -0.15) is 0 Å². The number of likely N-dealkylation sites (tertiary alicyclic amines) is 1. The number of benzene rings is 2. The highest BCUT2D eigenvalue weighted by Gasteiger charge is 2.27. The summed E-state index contributed by atoms with van der Waals surface area (Å²) in [5.74, 6) is 0.217. The van der Waals surface area contributed by atoms with Crippen molar-refractivity contribution in [3.05, 3.63) is 59.1 Å². The van der Waals surface area contributed by atoms with Crippen molar-refractivity contribution in [1.29, 1.82) is 0 Å². The molecule has 1 atom stereocenters. The fraction of sp³-hybridized carbons (Fsp3) is 0.417. The molecule has 0 aliphatic carbocycles. The Hall–Kier alpha value is -2.33. The number of nitrogens with one attached hydrogen (secondary N) is 1. The maximum absolute atomic E-state index is 13.1. The first kappa shape index (κ1) is 22.5. The Morgan fingerprint density at radius 3 is 2.70 bits per heavy atom. The largest absolute Gasteiger partial charge is 0.377 e. The molecule has 2 aromatic carbocycles. The van der Waals surface area contributed by atoms with Crippen LogP contribution >= 0.6 is 11.3 Å². The minimum Gasteiger partial charge on any atom is -0.377 e. The Balaban J connectivity index is 1.22. The highest BCUT2D eigenvalue weighted by atomic mass is 32.2. The molecule has 174 valence electrons. The van der Waals surface area contributed by atoms with E-state index in [2.05, 4.69) is 10.8 Å². The summed E-state index contributed by atoms with van der Waals surface area (Å²) >= 11 is 1.73. The Morgan fingerprint density at radius 1 is 1.12 bits per heavy atom. The average molecular weight is 486 g/mol. The molecule has 0 spiro atoms. The third-order valence-corrected chi connectivity index (χ3v) is 8.98. The predicted molar refractivity (Wildman–Crippen MR) is 128 cm³/mol. The smallest absolute Gasteiger partial charge is 0.253 e. The van der Waals surface area contributed by atoms with Crippen LogP contribution in [0.4, 0.5) is 0 Å². The molecule has 9 heteroatoms. The number of nitrogens with zero attached hydrogens (tertiary/aromatic N) is 2. The topological polar surface area (TPSA) is 88.6 Å². The van der Waals surface area contributed by atoms with E-state index in [-0.39, 0.29) is 23.5 Å². The first-order chi connectivity index (χ1) is 16.0. The Morgan fingerprint density at radius 2 is 1.94 bits per heavy atom. The second-order valence-electron chi connectivity index (χ2n) is 8.60. The zero-order valence-electron chi connectivity index (χ0n) is 18.3. The van der Waals surface area contributed by atoms with Crippen LogP contribution in [0.5, 0.6) is 0 Å². The van der Waals surface area contributed by atoms with Crippen molar-refractivity contribution in [1.82, 2.24) is 14.6 Å². The van der Waals surface area contributed by atoms with Gasteiger partial charge in [-0.25, -0.2) is 18.1 Å². The maximum Gasteiger partial charge on any atom is 0.253 e. The molecule has 0 radical (unpaired) electrons. The number of para-hydroxylation sites is 1. The van der Waals surface area contributed by atoms with E-state index in [9.17, 15) is 13.2 Å². The van der Waals surface area contributed by atoms with E-state index in [0.717, 1.165) is 36.2 Å². The Labute approximate surface area is 197 Å². The summed E-state index contributed by atoms with van der Waals surface area (Å²) in [6.07, 6.45) is 3.43. The molecular formula is C24H27N3O4S2. The van der Waals surface area contributed by atoms with E-state index in [0.29, 0.717) is 31.2 Å². The van der Waals surface area contributed by atoms with Gasteiger partial charge in [0.1, 0.15) is 0 Å². The molecule has 2 saturated heterocycles. The van der Waals surface area contributed by atoms with E-state index in [1.165, 1.54) is 16.8 Å². The number of aromatic nitrogens is 1. The molecule has 5 rings (SSSR count). The molecule has 3 heterocycles. The van der Waals surface area contributed by atoms with Crippen LogP contribution in [-0.4, -0.2) is 56.6 Å². The molecule has 0 bridgehead atoms. The summed E-state index contributed by atoms with van der Waals surface area (Å²) in [5.41, 5.74) is 1.43. The molecule has 2 aliphatic rings. The van der Waals surface area contributed by atoms with E-state index in [1.54, 1.807) is 23.5 Å². The third kappa shape index (κ3) is 4.96. The Kier molecular flexibility index (Phi) is 6.47. The van der Waals surface area contributed by atoms with Crippen LogP contribution in [0.1, 0.15) is 47.0 Å². The van der Waals surface area contributed by atoms with Crippen LogP contribution in [0.2, 0.25) is 0 Å². The predicted octanol–water partition coefficient (Wildman–Crippen LogP) is 3.77. The number of sulfonamides is 1. The van der Waals surface area contributed by atoms with Gasteiger partial charge in [0.15, 0.2) is 0 Å². The average Bonchev–Trinajstić information content (AvgIpc) is 3.52. The number of amides is 1. The van der Waals surface area contributed by atoms with Crippen LogP contribution < -0.4 is 4.72 Å². The van der Waals surface area contributed by atoms with Gasteiger partial charge in [0.25, 0.3) is 5.91 Å². The van der Waals surface area contributed by atoms with E-state index < -0.39 is 10.0 Å². The number of fused-ring (bicyclic) bond motifs is 1. The fourth-order valence-electron chi connectivity index (χ4n) is 4.46. The third-order valence-electron chi connectivity index (χ3n) is 6.36. The number of rotatable bonds is 6. The molecule has 33 heavy (non-hydrogen) atoms. The summed E-state index contributed by atoms with van der Waals surface area (Å²) in [7, 11) is -3.70. The zero-order chi connectivity index (χ0) is 22.8. The molecule has 1 aromatic heterocycles.